The minimum Gasteiger partial charge on any atom is -0.505 e. The number of hydrogen-bond donors (Lipinski definition) is 0. The number of thioether (sulfide) groups is 2. The third kappa shape index (κ3) is 4.74. The molecular formula is C12H20O2S2. The van der Waals surface area contributed by atoms with E-state index in [2.05, 4.69) is 35.7 Å². The Hall–Kier alpha value is -0.220. The molecule has 0 aromatic carbocycles. The van der Waals surface area contributed by atoms with Crippen LogP contribution < -0.4 is 0 Å². The zero-order valence-corrected chi connectivity index (χ0v) is 11.6. The largest absolute Gasteiger partial charge is 0.505 e. The Kier molecular flexibility index (Phi) is 6.88. The lowest BCUT2D eigenvalue weighted by molar-refractivity contribution is 0.335. The van der Waals surface area contributed by atoms with E-state index in [9.17, 15) is 0 Å². The van der Waals surface area contributed by atoms with Crippen molar-refractivity contribution in [1.29, 1.82) is 0 Å². The number of ether oxygens (including phenoxy) is 2. The highest BCUT2D eigenvalue weighted by atomic mass is 32.2. The second-order valence-electron chi connectivity index (χ2n) is 3.58. The molecule has 0 saturated carbocycles. The minimum absolute atomic E-state index is 0.280. The van der Waals surface area contributed by atoms with Crippen LogP contribution in [0.4, 0.5) is 0 Å². The molecule has 0 radical (unpaired) electrons. The standard InChI is InChI=1S/C12H20O2S2/c1-13-8-3-6-12(7-4-9-14-2)15-10-5-11-16-12/h3-4,8-9H,5-7,10-11H2,1-2H3/b8-3+,9-4+. The van der Waals surface area contributed by atoms with E-state index in [0.29, 0.717) is 0 Å². The molecule has 0 atom stereocenters. The molecule has 16 heavy (non-hydrogen) atoms. The number of allylic oxidation sites excluding steroid dienone is 2. The van der Waals surface area contributed by atoms with E-state index in [1.165, 1.54) is 17.9 Å². The average molecular weight is 260 g/mol. The first kappa shape index (κ1) is 13.8. The van der Waals surface area contributed by atoms with Gasteiger partial charge >= 0.3 is 0 Å². The van der Waals surface area contributed by atoms with Crippen molar-refractivity contribution in [1.82, 2.24) is 0 Å². The Morgan fingerprint density at radius 3 is 1.94 bits per heavy atom. The van der Waals surface area contributed by atoms with Crippen LogP contribution in [0, 0.1) is 0 Å². The maximum atomic E-state index is 4.96. The molecule has 1 rings (SSSR count). The molecule has 1 aliphatic rings. The lowest BCUT2D eigenvalue weighted by Crippen LogP contribution is -2.23. The van der Waals surface area contributed by atoms with Gasteiger partial charge in [-0.2, -0.15) is 0 Å². The van der Waals surface area contributed by atoms with Crippen molar-refractivity contribution >= 4 is 23.5 Å². The van der Waals surface area contributed by atoms with Crippen molar-refractivity contribution < 1.29 is 9.47 Å². The Morgan fingerprint density at radius 1 is 1.00 bits per heavy atom. The summed E-state index contributed by atoms with van der Waals surface area (Å²) in [6.07, 6.45) is 11.2. The van der Waals surface area contributed by atoms with Crippen LogP contribution in [0.15, 0.2) is 24.7 Å². The SMILES string of the molecule is CO/C=C/CC1(C/C=C/OC)SCCCS1. The summed E-state index contributed by atoms with van der Waals surface area (Å²) in [6.45, 7) is 0. The Labute approximate surface area is 107 Å². The molecule has 2 nitrogen and oxygen atoms in total. The highest BCUT2D eigenvalue weighted by molar-refractivity contribution is 8.18. The fourth-order valence-corrected chi connectivity index (χ4v) is 4.78. The van der Waals surface area contributed by atoms with Gasteiger partial charge < -0.3 is 9.47 Å². The third-order valence-corrected chi connectivity index (χ3v) is 5.75. The number of methoxy groups -OCH3 is 2. The molecule has 0 aliphatic carbocycles. The molecule has 0 aromatic heterocycles. The van der Waals surface area contributed by atoms with Gasteiger partial charge in [0.15, 0.2) is 0 Å². The molecule has 0 bridgehead atoms. The first-order valence-corrected chi connectivity index (χ1v) is 7.43. The summed E-state index contributed by atoms with van der Waals surface area (Å²) >= 11 is 4.12. The average Bonchev–Trinajstić information content (AvgIpc) is 2.31. The first-order valence-electron chi connectivity index (χ1n) is 5.46. The fourth-order valence-electron chi connectivity index (χ4n) is 1.58. The van der Waals surface area contributed by atoms with Crippen molar-refractivity contribution in [2.75, 3.05) is 25.7 Å². The third-order valence-electron chi connectivity index (χ3n) is 2.34. The van der Waals surface area contributed by atoms with Gasteiger partial charge in [-0.05, 0) is 42.9 Å². The van der Waals surface area contributed by atoms with Crippen molar-refractivity contribution in [3.05, 3.63) is 24.7 Å². The molecule has 1 fully saturated rings. The maximum absolute atomic E-state index is 4.96. The van der Waals surface area contributed by atoms with E-state index >= 15 is 0 Å². The molecule has 1 saturated heterocycles. The molecule has 0 N–H and O–H groups in total. The predicted octanol–water partition coefficient (Wildman–Crippen LogP) is 3.65. The van der Waals surface area contributed by atoms with E-state index in [-0.39, 0.29) is 4.08 Å². The molecule has 92 valence electrons. The van der Waals surface area contributed by atoms with Gasteiger partial charge in [-0.15, -0.1) is 23.5 Å². The maximum Gasteiger partial charge on any atom is 0.0785 e. The summed E-state index contributed by atoms with van der Waals surface area (Å²) < 4.78 is 10.2. The molecule has 0 aromatic rings. The zero-order valence-electron chi connectivity index (χ0n) is 9.98. The van der Waals surface area contributed by atoms with E-state index < -0.39 is 0 Å². The summed E-state index contributed by atoms with van der Waals surface area (Å²) in [7, 11) is 3.38. The van der Waals surface area contributed by atoms with Crippen LogP contribution in [-0.2, 0) is 9.47 Å². The molecule has 1 aliphatic heterocycles. The zero-order chi connectivity index (χ0) is 11.7. The van der Waals surface area contributed by atoms with Gasteiger partial charge in [-0.3, -0.25) is 0 Å². The lowest BCUT2D eigenvalue weighted by Gasteiger charge is -2.34. The van der Waals surface area contributed by atoms with E-state index in [1.807, 2.05) is 0 Å². The van der Waals surface area contributed by atoms with Crippen LogP contribution >= 0.6 is 23.5 Å². The van der Waals surface area contributed by atoms with Crippen molar-refractivity contribution in [2.45, 2.75) is 23.3 Å². The van der Waals surface area contributed by atoms with Crippen LogP contribution in [0.1, 0.15) is 19.3 Å². The van der Waals surface area contributed by atoms with Crippen LogP contribution in [0.5, 0.6) is 0 Å². The summed E-state index contributed by atoms with van der Waals surface area (Å²) in [4.78, 5) is 0. The minimum atomic E-state index is 0.280. The topological polar surface area (TPSA) is 18.5 Å². The monoisotopic (exact) mass is 260 g/mol. The summed E-state index contributed by atoms with van der Waals surface area (Å²) in [6, 6.07) is 0. The number of rotatable bonds is 6. The predicted molar refractivity (Wildman–Crippen MR) is 73.8 cm³/mol. The quantitative estimate of drug-likeness (QED) is 0.678. The highest BCUT2D eigenvalue weighted by Gasteiger charge is 2.31. The van der Waals surface area contributed by atoms with Crippen molar-refractivity contribution in [3.8, 4) is 0 Å². The Morgan fingerprint density at radius 2 is 1.50 bits per heavy atom. The van der Waals surface area contributed by atoms with Gasteiger partial charge in [0.05, 0.1) is 30.8 Å². The van der Waals surface area contributed by atoms with Gasteiger partial charge in [-0.1, -0.05) is 0 Å². The summed E-state index contributed by atoms with van der Waals surface area (Å²) in [5.41, 5.74) is 0. The molecule has 0 spiro atoms. The van der Waals surface area contributed by atoms with Gasteiger partial charge in [-0.25, -0.2) is 0 Å². The first-order chi connectivity index (χ1) is 7.83. The van der Waals surface area contributed by atoms with E-state index in [1.54, 1.807) is 26.7 Å². The van der Waals surface area contributed by atoms with Crippen LogP contribution in [-0.4, -0.2) is 29.8 Å². The summed E-state index contributed by atoms with van der Waals surface area (Å²) in [5, 5.41) is 0. The van der Waals surface area contributed by atoms with Gasteiger partial charge in [0.1, 0.15) is 0 Å². The molecule has 0 unspecified atom stereocenters. The summed E-state index contributed by atoms with van der Waals surface area (Å²) in [5.74, 6) is 2.52. The molecular weight excluding hydrogens is 240 g/mol. The van der Waals surface area contributed by atoms with Gasteiger partial charge in [0, 0.05) is 0 Å². The second kappa shape index (κ2) is 7.96. The smallest absolute Gasteiger partial charge is 0.0785 e. The van der Waals surface area contributed by atoms with Crippen molar-refractivity contribution in [3.63, 3.8) is 0 Å². The Balaban J connectivity index is 2.52. The highest BCUT2D eigenvalue weighted by Crippen LogP contribution is 2.47. The normalized spacial score (nSPS) is 20.4. The van der Waals surface area contributed by atoms with Gasteiger partial charge in [0.25, 0.3) is 0 Å². The van der Waals surface area contributed by atoms with Gasteiger partial charge in [0.2, 0.25) is 0 Å². The van der Waals surface area contributed by atoms with Crippen LogP contribution in [0.25, 0.3) is 0 Å². The van der Waals surface area contributed by atoms with Crippen LogP contribution in [0.2, 0.25) is 0 Å². The number of hydrogen-bond acceptors (Lipinski definition) is 4. The lowest BCUT2D eigenvalue weighted by atomic mass is 10.2. The molecule has 1 heterocycles. The second-order valence-corrected chi connectivity index (χ2v) is 6.80. The Bertz CT molecular complexity index is 215. The van der Waals surface area contributed by atoms with E-state index in [4.69, 9.17) is 9.47 Å². The van der Waals surface area contributed by atoms with E-state index in [0.717, 1.165) is 12.8 Å². The molecule has 4 heteroatoms. The van der Waals surface area contributed by atoms with Crippen molar-refractivity contribution in [2.24, 2.45) is 0 Å². The fraction of sp³-hybridized carbons (Fsp3) is 0.667. The molecule has 0 amide bonds. The van der Waals surface area contributed by atoms with Crippen LogP contribution in [0.3, 0.4) is 0 Å².